The van der Waals surface area contributed by atoms with E-state index in [1.807, 2.05) is 0 Å². The van der Waals surface area contributed by atoms with Crippen LogP contribution in [0.15, 0.2) is 45.5 Å². The molecule has 0 spiro atoms. The molecule has 0 aliphatic heterocycles. The monoisotopic (exact) mass is 394 g/mol. The van der Waals surface area contributed by atoms with Crippen molar-refractivity contribution >= 4 is 27.7 Å². The van der Waals surface area contributed by atoms with E-state index in [2.05, 4.69) is 40.6 Å². The van der Waals surface area contributed by atoms with Gasteiger partial charge in [-0.25, -0.2) is 0 Å². The molecule has 0 bridgehead atoms. The van der Waals surface area contributed by atoms with E-state index in [1.54, 1.807) is 30.3 Å². The number of ether oxygens (including phenoxy) is 1. The summed E-state index contributed by atoms with van der Waals surface area (Å²) >= 11 is 3.10. The van der Waals surface area contributed by atoms with Gasteiger partial charge in [0.1, 0.15) is 5.75 Å². The molecule has 0 aliphatic rings. The molecule has 2 amide bonds. The number of rotatable bonds is 6. The summed E-state index contributed by atoms with van der Waals surface area (Å²) in [5.41, 5.74) is 5.03. The molecular formula is C17H19BrN2O4. The molecule has 0 saturated carbocycles. The molecule has 6 nitrogen and oxygen atoms in total. The van der Waals surface area contributed by atoms with E-state index in [-0.39, 0.29) is 5.76 Å². The van der Waals surface area contributed by atoms with Crippen molar-refractivity contribution in [2.45, 2.75) is 20.3 Å². The Kier molecular flexibility index (Phi) is 6.43. The second-order valence-electron chi connectivity index (χ2n) is 5.57. The van der Waals surface area contributed by atoms with Crippen LogP contribution in [0, 0.1) is 5.92 Å². The van der Waals surface area contributed by atoms with Crippen LogP contribution in [0.25, 0.3) is 0 Å². The Morgan fingerprint density at radius 2 is 1.75 bits per heavy atom. The molecule has 7 heteroatoms. The largest absolute Gasteiger partial charge is 0.494 e. The Hall–Kier alpha value is -2.28. The molecule has 1 aromatic heterocycles. The van der Waals surface area contributed by atoms with Gasteiger partial charge < -0.3 is 9.15 Å². The smallest absolute Gasteiger partial charge is 0.305 e. The van der Waals surface area contributed by atoms with Crippen molar-refractivity contribution in [3.8, 4) is 5.75 Å². The van der Waals surface area contributed by atoms with Crippen LogP contribution < -0.4 is 15.6 Å². The molecule has 1 aromatic carbocycles. The molecule has 0 unspecified atom stereocenters. The maximum atomic E-state index is 12.0. The number of amides is 2. The van der Waals surface area contributed by atoms with E-state index in [9.17, 15) is 9.59 Å². The van der Waals surface area contributed by atoms with Crippen molar-refractivity contribution < 1.29 is 18.7 Å². The fraction of sp³-hybridized carbons (Fsp3) is 0.294. The molecule has 0 atom stereocenters. The summed E-state index contributed by atoms with van der Waals surface area (Å²) in [5.74, 6) is 0.409. The fourth-order valence-electron chi connectivity index (χ4n) is 1.80. The first-order valence-corrected chi connectivity index (χ1v) is 8.34. The minimum atomic E-state index is -0.539. The summed E-state index contributed by atoms with van der Waals surface area (Å²) in [5, 5.41) is 0. The van der Waals surface area contributed by atoms with Crippen molar-refractivity contribution in [1.29, 1.82) is 0 Å². The van der Waals surface area contributed by atoms with E-state index >= 15 is 0 Å². The van der Waals surface area contributed by atoms with Crippen molar-refractivity contribution in [3.05, 3.63) is 52.4 Å². The number of nitrogens with one attached hydrogen (secondary N) is 2. The number of carbonyl (C=O) groups is 2. The van der Waals surface area contributed by atoms with Gasteiger partial charge in [-0.3, -0.25) is 20.4 Å². The lowest BCUT2D eigenvalue weighted by Crippen LogP contribution is -2.41. The second-order valence-corrected chi connectivity index (χ2v) is 6.35. The van der Waals surface area contributed by atoms with Crippen molar-refractivity contribution in [3.63, 3.8) is 0 Å². The third kappa shape index (κ3) is 5.42. The molecule has 128 valence electrons. The summed E-state index contributed by atoms with van der Waals surface area (Å²) in [6.07, 6.45) is 0.969. The summed E-state index contributed by atoms with van der Waals surface area (Å²) < 4.78 is 11.1. The second kappa shape index (κ2) is 8.54. The third-order valence-corrected chi connectivity index (χ3v) is 3.59. The Balaban J connectivity index is 1.82. The standard InChI is InChI=1S/C17H19BrN2O4/c1-11(2)9-10-23-13-5-3-12(4-6-13)16(21)19-20-17(22)14-7-8-15(18)24-14/h3-8,11H,9-10H2,1-2H3,(H,19,21)(H,20,22). The molecule has 0 radical (unpaired) electrons. The van der Waals surface area contributed by atoms with Gasteiger partial charge in [0.25, 0.3) is 5.91 Å². The van der Waals surface area contributed by atoms with Gasteiger partial charge in [0.2, 0.25) is 0 Å². The summed E-state index contributed by atoms with van der Waals surface area (Å²) in [4.78, 5) is 23.8. The number of carbonyl (C=O) groups excluding carboxylic acids is 2. The maximum absolute atomic E-state index is 12.0. The number of hydrogen-bond acceptors (Lipinski definition) is 4. The lowest BCUT2D eigenvalue weighted by Gasteiger charge is -2.09. The van der Waals surface area contributed by atoms with Crippen LogP contribution in [-0.4, -0.2) is 18.4 Å². The molecule has 1 heterocycles. The zero-order valence-corrected chi connectivity index (χ0v) is 15.1. The summed E-state index contributed by atoms with van der Waals surface area (Å²) in [7, 11) is 0. The fourth-order valence-corrected chi connectivity index (χ4v) is 2.11. The highest BCUT2D eigenvalue weighted by molar-refractivity contribution is 9.10. The summed E-state index contributed by atoms with van der Waals surface area (Å²) in [6, 6.07) is 9.80. The summed E-state index contributed by atoms with van der Waals surface area (Å²) in [6.45, 7) is 4.90. The normalized spacial score (nSPS) is 10.5. The first-order valence-electron chi connectivity index (χ1n) is 7.54. The molecule has 2 N–H and O–H groups in total. The first kappa shape index (κ1) is 18.1. The lowest BCUT2D eigenvalue weighted by atomic mass is 10.1. The van der Waals surface area contributed by atoms with Gasteiger partial charge in [-0.05, 0) is 64.7 Å². The minimum absolute atomic E-state index is 0.0936. The van der Waals surface area contributed by atoms with E-state index in [1.165, 1.54) is 6.07 Å². The van der Waals surface area contributed by atoms with Crippen LogP contribution in [0.4, 0.5) is 0 Å². The lowest BCUT2D eigenvalue weighted by molar-refractivity contribution is 0.0830. The number of hydrazine groups is 1. The molecule has 0 fully saturated rings. The molecule has 0 aliphatic carbocycles. The van der Waals surface area contributed by atoms with Gasteiger partial charge in [0.05, 0.1) is 6.61 Å². The van der Waals surface area contributed by atoms with Crippen LogP contribution in [0.2, 0.25) is 0 Å². The van der Waals surface area contributed by atoms with E-state index < -0.39 is 11.8 Å². The van der Waals surface area contributed by atoms with Gasteiger partial charge >= 0.3 is 5.91 Å². The zero-order chi connectivity index (χ0) is 17.5. The molecule has 2 aromatic rings. The van der Waals surface area contributed by atoms with Gasteiger partial charge in [0.15, 0.2) is 10.4 Å². The number of furan rings is 1. The topological polar surface area (TPSA) is 80.6 Å². The number of halogens is 1. The van der Waals surface area contributed by atoms with Crippen LogP contribution in [0.1, 0.15) is 41.2 Å². The average Bonchev–Trinajstić information content (AvgIpc) is 2.99. The number of benzene rings is 1. The maximum Gasteiger partial charge on any atom is 0.305 e. The highest BCUT2D eigenvalue weighted by atomic mass is 79.9. The van der Waals surface area contributed by atoms with Crippen LogP contribution in [0.3, 0.4) is 0 Å². The van der Waals surface area contributed by atoms with Crippen molar-refractivity contribution in [1.82, 2.24) is 10.9 Å². The van der Waals surface area contributed by atoms with E-state index in [0.717, 1.165) is 6.42 Å². The van der Waals surface area contributed by atoms with Crippen molar-refractivity contribution in [2.24, 2.45) is 5.92 Å². The predicted octanol–water partition coefficient (Wildman–Crippen LogP) is 3.54. The zero-order valence-electron chi connectivity index (χ0n) is 13.5. The van der Waals surface area contributed by atoms with Gasteiger partial charge in [-0.1, -0.05) is 13.8 Å². The molecular weight excluding hydrogens is 376 g/mol. The Morgan fingerprint density at radius 1 is 1.08 bits per heavy atom. The Labute approximate surface area is 148 Å². The van der Waals surface area contributed by atoms with E-state index in [0.29, 0.717) is 28.5 Å². The van der Waals surface area contributed by atoms with Crippen LogP contribution in [0.5, 0.6) is 5.75 Å². The quantitative estimate of drug-likeness (QED) is 0.734. The Bertz CT molecular complexity index is 695. The predicted molar refractivity (Wildman–Crippen MR) is 92.7 cm³/mol. The van der Waals surface area contributed by atoms with Gasteiger partial charge in [-0.2, -0.15) is 0 Å². The minimum Gasteiger partial charge on any atom is -0.494 e. The molecule has 24 heavy (non-hydrogen) atoms. The highest BCUT2D eigenvalue weighted by Gasteiger charge is 2.12. The average molecular weight is 395 g/mol. The van der Waals surface area contributed by atoms with Crippen LogP contribution in [-0.2, 0) is 0 Å². The Morgan fingerprint density at radius 3 is 2.33 bits per heavy atom. The van der Waals surface area contributed by atoms with Gasteiger partial charge in [-0.15, -0.1) is 0 Å². The van der Waals surface area contributed by atoms with Crippen molar-refractivity contribution in [2.75, 3.05) is 6.61 Å². The van der Waals surface area contributed by atoms with E-state index in [4.69, 9.17) is 9.15 Å². The molecule has 0 saturated heterocycles. The number of hydrogen-bond donors (Lipinski definition) is 2. The SMILES string of the molecule is CC(C)CCOc1ccc(C(=O)NNC(=O)c2ccc(Br)o2)cc1. The first-order chi connectivity index (χ1) is 11.5. The van der Waals surface area contributed by atoms with Gasteiger partial charge in [0, 0.05) is 5.56 Å². The molecule has 2 rings (SSSR count). The third-order valence-electron chi connectivity index (χ3n) is 3.17. The van der Waals surface area contributed by atoms with Crippen LogP contribution >= 0.6 is 15.9 Å². The highest BCUT2D eigenvalue weighted by Crippen LogP contribution is 2.14.